The molecule has 0 aliphatic heterocycles. The molecule has 46 heavy (non-hydrogen) atoms. The van der Waals surface area contributed by atoms with Crippen LogP contribution < -0.4 is 0 Å². The van der Waals surface area contributed by atoms with E-state index in [2.05, 4.69) is 36.4 Å². The Kier molecular flexibility index (Phi) is 13.0. The second-order valence-corrected chi connectivity index (χ2v) is 15.6. The maximum absolute atomic E-state index is 12.0. The van der Waals surface area contributed by atoms with Crippen LogP contribution in [0.1, 0.15) is 106 Å². The van der Waals surface area contributed by atoms with E-state index in [4.69, 9.17) is 14.2 Å². The molecule has 6 nitrogen and oxygen atoms in total. The van der Waals surface area contributed by atoms with E-state index in [1.165, 1.54) is 22.3 Å². The van der Waals surface area contributed by atoms with E-state index < -0.39 is 16.2 Å². The smallest absolute Gasteiger partial charge is 0.311 e. The SMILES string of the molecule is CC(C)(C)C(=O)OCC1c2ccccc2-c2ccccc21.CC(C)(C)C(=O)OCc1ccccc1.CC(C)(C)OC(=O)C(C)(C)C. The number of carbonyl (C=O) groups excluding carboxylic acids is 3. The van der Waals surface area contributed by atoms with Crippen molar-refractivity contribution in [1.82, 2.24) is 0 Å². The molecule has 0 saturated heterocycles. The summed E-state index contributed by atoms with van der Waals surface area (Å²) in [7, 11) is 0. The summed E-state index contributed by atoms with van der Waals surface area (Å²) in [4.78, 5) is 34.7. The zero-order chi connectivity index (χ0) is 34.9. The van der Waals surface area contributed by atoms with Gasteiger partial charge in [0.25, 0.3) is 0 Å². The molecule has 250 valence electrons. The molecule has 6 heteroatoms. The maximum atomic E-state index is 12.0. The minimum atomic E-state index is -0.461. The summed E-state index contributed by atoms with van der Waals surface area (Å²) in [5.41, 5.74) is 4.38. The Morgan fingerprint density at radius 1 is 0.522 bits per heavy atom. The molecule has 0 heterocycles. The Balaban J connectivity index is 0.000000257. The second kappa shape index (κ2) is 15.6. The average Bonchev–Trinajstić information content (AvgIpc) is 3.27. The molecule has 0 fully saturated rings. The average molecular weight is 631 g/mol. The molecular weight excluding hydrogens is 576 g/mol. The fraction of sp³-hybridized carbons (Fsp3) is 0.475. The highest BCUT2D eigenvalue weighted by Gasteiger charge is 2.31. The Morgan fingerprint density at radius 2 is 0.913 bits per heavy atom. The van der Waals surface area contributed by atoms with E-state index in [-0.39, 0.29) is 29.4 Å². The molecule has 0 atom stereocenters. The summed E-state index contributed by atoms with van der Waals surface area (Å²) in [6, 6.07) is 26.4. The Labute approximate surface area is 276 Å². The van der Waals surface area contributed by atoms with E-state index >= 15 is 0 Å². The molecule has 0 aromatic heterocycles. The molecule has 0 radical (unpaired) electrons. The number of esters is 3. The number of benzene rings is 3. The number of carbonyl (C=O) groups is 3. The van der Waals surface area contributed by atoms with Crippen molar-refractivity contribution >= 4 is 17.9 Å². The Morgan fingerprint density at radius 3 is 1.30 bits per heavy atom. The minimum Gasteiger partial charge on any atom is -0.464 e. The zero-order valence-electron chi connectivity index (χ0n) is 29.9. The van der Waals surface area contributed by atoms with Gasteiger partial charge in [-0.25, -0.2) is 0 Å². The van der Waals surface area contributed by atoms with Crippen LogP contribution >= 0.6 is 0 Å². The lowest BCUT2D eigenvalue weighted by Crippen LogP contribution is -2.31. The fourth-order valence-electron chi connectivity index (χ4n) is 4.19. The van der Waals surface area contributed by atoms with Gasteiger partial charge in [-0.1, -0.05) is 78.9 Å². The zero-order valence-corrected chi connectivity index (χ0v) is 29.9. The van der Waals surface area contributed by atoms with Crippen molar-refractivity contribution in [3.63, 3.8) is 0 Å². The van der Waals surface area contributed by atoms with Crippen LogP contribution in [-0.2, 0) is 35.2 Å². The Bertz CT molecular complexity index is 1400. The molecule has 1 aliphatic carbocycles. The third kappa shape index (κ3) is 12.1. The summed E-state index contributed by atoms with van der Waals surface area (Å²) in [6.45, 7) is 23.1. The molecule has 0 saturated carbocycles. The first-order valence-corrected chi connectivity index (χ1v) is 15.9. The summed E-state index contributed by atoms with van der Waals surface area (Å²) >= 11 is 0. The number of rotatable bonds is 4. The predicted octanol–water partition coefficient (Wildman–Crippen LogP) is 9.54. The van der Waals surface area contributed by atoms with Gasteiger partial charge in [0.2, 0.25) is 0 Å². The monoisotopic (exact) mass is 630 g/mol. The van der Waals surface area contributed by atoms with Crippen LogP contribution in [0.4, 0.5) is 0 Å². The lowest BCUT2D eigenvalue weighted by atomic mass is 9.96. The summed E-state index contributed by atoms with van der Waals surface area (Å²) < 4.78 is 15.9. The molecular formula is C40H54O6. The van der Waals surface area contributed by atoms with Gasteiger partial charge in [0.05, 0.1) is 16.2 Å². The van der Waals surface area contributed by atoms with Gasteiger partial charge < -0.3 is 14.2 Å². The van der Waals surface area contributed by atoms with Crippen LogP contribution in [0.25, 0.3) is 11.1 Å². The molecule has 3 aromatic carbocycles. The first-order chi connectivity index (χ1) is 21.1. The first-order valence-electron chi connectivity index (χ1n) is 15.9. The van der Waals surface area contributed by atoms with Crippen molar-refractivity contribution in [2.24, 2.45) is 16.2 Å². The highest BCUT2D eigenvalue weighted by Crippen LogP contribution is 2.44. The molecule has 0 amide bonds. The molecule has 1 aliphatic rings. The van der Waals surface area contributed by atoms with Gasteiger partial charge in [0, 0.05) is 5.92 Å². The van der Waals surface area contributed by atoms with Crippen molar-refractivity contribution in [3.8, 4) is 11.1 Å². The summed E-state index contributed by atoms with van der Waals surface area (Å²) in [6.07, 6.45) is 0. The lowest BCUT2D eigenvalue weighted by Gasteiger charge is -2.25. The highest BCUT2D eigenvalue weighted by atomic mass is 16.6. The van der Waals surface area contributed by atoms with Crippen LogP contribution in [0, 0.1) is 16.2 Å². The van der Waals surface area contributed by atoms with Crippen LogP contribution in [0.15, 0.2) is 78.9 Å². The van der Waals surface area contributed by atoms with E-state index in [9.17, 15) is 14.4 Å². The molecule has 4 rings (SSSR count). The largest absolute Gasteiger partial charge is 0.464 e. The van der Waals surface area contributed by atoms with Crippen molar-refractivity contribution in [1.29, 1.82) is 0 Å². The van der Waals surface area contributed by atoms with Gasteiger partial charge in [0.15, 0.2) is 0 Å². The fourth-order valence-corrected chi connectivity index (χ4v) is 4.19. The normalized spacial score (nSPS) is 12.7. The van der Waals surface area contributed by atoms with Crippen LogP contribution in [0.2, 0.25) is 0 Å². The first kappa shape index (κ1) is 38.3. The van der Waals surface area contributed by atoms with Crippen LogP contribution in [0.3, 0.4) is 0 Å². The van der Waals surface area contributed by atoms with E-state index in [0.29, 0.717) is 13.2 Å². The molecule has 0 bridgehead atoms. The summed E-state index contributed by atoms with van der Waals surface area (Å²) in [5, 5.41) is 0. The van der Waals surface area contributed by atoms with Crippen LogP contribution in [-0.4, -0.2) is 30.1 Å². The quantitative estimate of drug-likeness (QED) is 0.211. The van der Waals surface area contributed by atoms with Crippen LogP contribution in [0.5, 0.6) is 0 Å². The van der Waals surface area contributed by atoms with Crippen molar-refractivity contribution in [3.05, 3.63) is 95.6 Å². The van der Waals surface area contributed by atoms with Gasteiger partial charge >= 0.3 is 17.9 Å². The van der Waals surface area contributed by atoms with Gasteiger partial charge in [-0.05, 0) is 111 Å². The second-order valence-electron chi connectivity index (χ2n) is 15.6. The number of fused-ring (bicyclic) bond motifs is 3. The van der Waals surface area contributed by atoms with Crippen molar-refractivity contribution in [2.75, 3.05) is 6.61 Å². The van der Waals surface area contributed by atoms with E-state index in [0.717, 1.165) is 5.56 Å². The van der Waals surface area contributed by atoms with Gasteiger partial charge in [0.1, 0.15) is 18.8 Å². The number of hydrogen-bond acceptors (Lipinski definition) is 6. The molecule has 3 aromatic rings. The van der Waals surface area contributed by atoms with Gasteiger partial charge in [-0.15, -0.1) is 0 Å². The lowest BCUT2D eigenvalue weighted by molar-refractivity contribution is -0.164. The van der Waals surface area contributed by atoms with Gasteiger partial charge in [-0.3, -0.25) is 14.4 Å². The standard InChI is InChI=1S/C19H20O2.C12H16O2.C9H18O2/c1-19(2,3)18(20)21-12-17-15-10-6-4-8-13(15)14-9-5-7-11-16(14)17;1-12(2,3)11(13)14-9-10-7-5-4-6-8-10;1-8(2,3)7(10)11-9(4,5)6/h4-11,17H,12H2,1-3H3;4-8H,9H2,1-3H3;1-6H3. The van der Waals surface area contributed by atoms with E-state index in [1.54, 1.807) is 0 Å². The van der Waals surface area contributed by atoms with Gasteiger partial charge in [-0.2, -0.15) is 0 Å². The third-order valence-electron chi connectivity index (χ3n) is 6.79. The minimum absolute atomic E-state index is 0.142. The molecule has 0 spiro atoms. The topological polar surface area (TPSA) is 78.9 Å². The molecule has 0 unspecified atom stereocenters. The summed E-state index contributed by atoms with van der Waals surface area (Å²) in [5.74, 6) is -0.320. The third-order valence-corrected chi connectivity index (χ3v) is 6.79. The predicted molar refractivity (Wildman–Crippen MR) is 185 cm³/mol. The Hall–Kier alpha value is -3.93. The number of ether oxygens (including phenoxy) is 3. The van der Waals surface area contributed by atoms with Crippen molar-refractivity contribution < 1.29 is 28.6 Å². The maximum Gasteiger partial charge on any atom is 0.311 e. The number of hydrogen-bond donors (Lipinski definition) is 0. The van der Waals surface area contributed by atoms with E-state index in [1.807, 2.05) is 126 Å². The highest BCUT2D eigenvalue weighted by molar-refractivity contribution is 5.80. The van der Waals surface area contributed by atoms with Crippen molar-refractivity contribution in [2.45, 2.75) is 101 Å². The molecule has 0 N–H and O–H groups in total.